The van der Waals surface area contributed by atoms with Crippen molar-refractivity contribution in [2.45, 2.75) is 11.1 Å². The van der Waals surface area contributed by atoms with Crippen LogP contribution in [0, 0.1) is 22.7 Å². The van der Waals surface area contributed by atoms with Crippen molar-refractivity contribution in [3.8, 4) is 12.1 Å². The number of thioether (sulfide) groups is 1. The van der Waals surface area contributed by atoms with Gasteiger partial charge in [0, 0.05) is 11.9 Å². The largest absolute Gasteiger partial charge is 0.388 e. The molecule has 20 heavy (non-hydrogen) atoms. The molecule has 5 heteroatoms. The lowest BCUT2D eigenvalue weighted by molar-refractivity contribution is 0.204. The van der Waals surface area contributed by atoms with E-state index in [0.717, 1.165) is 5.56 Å². The molecule has 2 aromatic rings. The summed E-state index contributed by atoms with van der Waals surface area (Å²) < 4.78 is 0. The predicted octanol–water partition coefficient (Wildman–Crippen LogP) is 2.65. The molecule has 1 atom stereocenters. The van der Waals surface area contributed by atoms with Crippen molar-refractivity contribution in [3.63, 3.8) is 0 Å². The average Bonchev–Trinajstić information content (AvgIpc) is 2.53. The predicted molar refractivity (Wildman–Crippen MR) is 75.8 cm³/mol. The van der Waals surface area contributed by atoms with Crippen LogP contribution in [0.15, 0.2) is 47.6 Å². The molecule has 1 unspecified atom stereocenters. The number of benzene rings is 1. The fourth-order valence-corrected chi connectivity index (χ4v) is 2.47. The highest BCUT2D eigenvalue weighted by atomic mass is 32.2. The van der Waals surface area contributed by atoms with Crippen LogP contribution in [0.5, 0.6) is 0 Å². The lowest BCUT2D eigenvalue weighted by atomic mass is 10.1. The minimum Gasteiger partial charge on any atom is -0.388 e. The van der Waals surface area contributed by atoms with E-state index in [9.17, 15) is 5.11 Å². The Morgan fingerprint density at radius 2 is 1.80 bits per heavy atom. The van der Waals surface area contributed by atoms with Gasteiger partial charge in [0.1, 0.15) is 0 Å². The number of nitriles is 2. The van der Waals surface area contributed by atoms with Crippen molar-refractivity contribution >= 4 is 11.8 Å². The Morgan fingerprint density at radius 1 is 1.10 bits per heavy atom. The lowest BCUT2D eigenvalue weighted by Crippen LogP contribution is -2.00. The number of rotatable bonds is 4. The number of aliphatic hydroxyl groups is 1. The summed E-state index contributed by atoms with van der Waals surface area (Å²) in [6.45, 7) is 0. The third kappa shape index (κ3) is 3.58. The van der Waals surface area contributed by atoms with Crippen molar-refractivity contribution in [1.82, 2.24) is 4.98 Å². The zero-order chi connectivity index (χ0) is 14.4. The Morgan fingerprint density at radius 3 is 2.45 bits per heavy atom. The van der Waals surface area contributed by atoms with E-state index in [4.69, 9.17) is 10.5 Å². The fraction of sp³-hybridized carbons (Fsp3) is 0.133. The summed E-state index contributed by atoms with van der Waals surface area (Å²) in [6, 6.07) is 14.3. The van der Waals surface area contributed by atoms with Crippen LogP contribution in [0.4, 0.5) is 0 Å². The third-order valence-electron chi connectivity index (χ3n) is 2.68. The highest BCUT2D eigenvalue weighted by Gasteiger charge is 2.09. The monoisotopic (exact) mass is 281 g/mol. The summed E-state index contributed by atoms with van der Waals surface area (Å²) >= 11 is 1.39. The van der Waals surface area contributed by atoms with Crippen molar-refractivity contribution in [2.24, 2.45) is 0 Å². The third-order valence-corrected chi connectivity index (χ3v) is 3.68. The number of pyridine rings is 1. The first-order valence-corrected chi connectivity index (χ1v) is 6.88. The van der Waals surface area contributed by atoms with Crippen LogP contribution >= 0.6 is 11.8 Å². The molecule has 2 rings (SSSR count). The van der Waals surface area contributed by atoms with Gasteiger partial charge >= 0.3 is 0 Å². The summed E-state index contributed by atoms with van der Waals surface area (Å²) in [7, 11) is 0. The first-order chi connectivity index (χ1) is 9.72. The average molecular weight is 281 g/mol. The molecule has 0 bridgehead atoms. The maximum Gasteiger partial charge on any atom is 0.0993 e. The standard InChI is InChI=1S/C15H11N3OS/c16-8-11-1-3-13(4-2-11)14(19)10-20-15-7-12(9-17)5-6-18-15/h1-7,14,19H,10H2. The molecule has 1 heterocycles. The van der Waals surface area contributed by atoms with Gasteiger partial charge in [0.25, 0.3) is 0 Å². The SMILES string of the molecule is N#Cc1ccc(C(O)CSc2cc(C#N)ccn2)cc1. The first-order valence-electron chi connectivity index (χ1n) is 5.90. The van der Waals surface area contributed by atoms with Crippen LogP contribution in [0.2, 0.25) is 0 Å². The van der Waals surface area contributed by atoms with E-state index in [-0.39, 0.29) is 0 Å². The van der Waals surface area contributed by atoms with Gasteiger partial charge in [-0.15, -0.1) is 11.8 Å². The van der Waals surface area contributed by atoms with Gasteiger partial charge in [-0.05, 0) is 29.8 Å². The molecule has 0 aliphatic carbocycles. The van der Waals surface area contributed by atoms with Crippen molar-refractivity contribution in [2.75, 3.05) is 5.75 Å². The maximum absolute atomic E-state index is 10.1. The van der Waals surface area contributed by atoms with Gasteiger partial charge in [0.2, 0.25) is 0 Å². The number of hydrogen-bond acceptors (Lipinski definition) is 5. The summed E-state index contributed by atoms with van der Waals surface area (Å²) in [5.74, 6) is 0.438. The Kier molecular flexibility index (Phi) is 4.73. The first kappa shape index (κ1) is 14.1. The van der Waals surface area contributed by atoms with Crippen LogP contribution in [-0.4, -0.2) is 15.8 Å². The molecule has 0 aliphatic rings. The number of nitrogens with zero attached hydrogens (tertiary/aromatic N) is 3. The van der Waals surface area contributed by atoms with Crippen LogP contribution in [-0.2, 0) is 0 Å². The smallest absolute Gasteiger partial charge is 0.0993 e. The molecule has 1 aromatic heterocycles. The van der Waals surface area contributed by atoms with Gasteiger partial charge in [-0.25, -0.2) is 4.98 Å². The highest BCUT2D eigenvalue weighted by molar-refractivity contribution is 7.99. The Balaban J connectivity index is 1.99. The topological polar surface area (TPSA) is 80.7 Å². The number of aliphatic hydroxyl groups excluding tert-OH is 1. The summed E-state index contributed by atoms with van der Waals surface area (Å²) in [5, 5.41) is 28.3. The molecule has 1 aromatic carbocycles. The lowest BCUT2D eigenvalue weighted by Gasteiger charge is -2.10. The zero-order valence-electron chi connectivity index (χ0n) is 10.5. The molecule has 0 fully saturated rings. The van der Waals surface area contributed by atoms with E-state index in [2.05, 4.69) is 11.1 Å². The second kappa shape index (κ2) is 6.72. The van der Waals surface area contributed by atoms with Gasteiger partial charge < -0.3 is 5.11 Å². The van der Waals surface area contributed by atoms with Crippen molar-refractivity contribution in [3.05, 3.63) is 59.3 Å². The molecule has 0 saturated heterocycles. The van der Waals surface area contributed by atoms with Gasteiger partial charge in [0.05, 0.1) is 34.4 Å². The summed E-state index contributed by atoms with van der Waals surface area (Å²) in [6.07, 6.45) is 0.940. The second-order valence-corrected chi connectivity index (χ2v) is 5.10. The van der Waals surface area contributed by atoms with E-state index < -0.39 is 6.10 Å². The quantitative estimate of drug-likeness (QED) is 0.871. The van der Waals surface area contributed by atoms with E-state index in [1.54, 1.807) is 42.6 Å². The van der Waals surface area contributed by atoms with E-state index in [0.29, 0.717) is 21.9 Å². The van der Waals surface area contributed by atoms with Crippen molar-refractivity contribution in [1.29, 1.82) is 10.5 Å². The van der Waals surface area contributed by atoms with E-state index in [1.807, 2.05) is 6.07 Å². The van der Waals surface area contributed by atoms with Gasteiger partial charge in [-0.2, -0.15) is 10.5 Å². The fourth-order valence-electron chi connectivity index (χ4n) is 1.60. The molecule has 98 valence electrons. The van der Waals surface area contributed by atoms with Gasteiger partial charge in [0.15, 0.2) is 0 Å². The molecule has 1 N–H and O–H groups in total. The van der Waals surface area contributed by atoms with Crippen LogP contribution < -0.4 is 0 Å². The molecule has 0 aliphatic heterocycles. The molecule has 0 amide bonds. The number of hydrogen-bond donors (Lipinski definition) is 1. The van der Waals surface area contributed by atoms with E-state index in [1.165, 1.54) is 11.8 Å². The Bertz CT molecular complexity index is 671. The maximum atomic E-state index is 10.1. The van der Waals surface area contributed by atoms with Crippen LogP contribution in [0.25, 0.3) is 0 Å². The van der Waals surface area contributed by atoms with E-state index >= 15 is 0 Å². The minimum absolute atomic E-state index is 0.438. The zero-order valence-corrected chi connectivity index (χ0v) is 11.3. The molecule has 0 saturated carbocycles. The van der Waals surface area contributed by atoms with Gasteiger partial charge in [-0.3, -0.25) is 0 Å². The van der Waals surface area contributed by atoms with Crippen molar-refractivity contribution < 1.29 is 5.11 Å². The molecular weight excluding hydrogens is 270 g/mol. The van der Waals surface area contributed by atoms with Crippen LogP contribution in [0.3, 0.4) is 0 Å². The molecule has 4 nitrogen and oxygen atoms in total. The number of aromatic nitrogens is 1. The van der Waals surface area contributed by atoms with Gasteiger partial charge in [-0.1, -0.05) is 12.1 Å². The Labute approximate surface area is 121 Å². The summed E-state index contributed by atoms with van der Waals surface area (Å²) in [5.41, 5.74) is 1.88. The molecule has 0 radical (unpaired) electrons. The highest BCUT2D eigenvalue weighted by Crippen LogP contribution is 2.23. The molecular formula is C15H11N3OS. The second-order valence-electron chi connectivity index (χ2n) is 4.06. The Hall–Kier alpha value is -2.34. The molecule has 0 spiro atoms. The normalized spacial score (nSPS) is 11.3. The minimum atomic E-state index is -0.639. The van der Waals surface area contributed by atoms with Crippen LogP contribution in [0.1, 0.15) is 22.8 Å². The summed E-state index contributed by atoms with van der Waals surface area (Å²) in [4.78, 5) is 4.14.